The Hall–Kier alpha value is -1.23. The zero-order valence-electron chi connectivity index (χ0n) is 8.75. The van der Waals surface area contributed by atoms with Crippen LogP contribution in [0.4, 0.5) is 0 Å². The fourth-order valence-electron chi connectivity index (χ4n) is 1.74. The normalized spacial score (nSPS) is 21.1. The fraction of sp³-hybridized carbons (Fsp3) is 0.667. The van der Waals surface area contributed by atoms with E-state index < -0.39 is 0 Å². The largest absolute Gasteiger partial charge is 0.369 e. The Morgan fingerprint density at radius 1 is 1.57 bits per heavy atom. The highest BCUT2D eigenvalue weighted by Gasteiger charge is 2.26. The first-order valence-electron chi connectivity index (χ1n) is 5.10. The van der Waals surface area contributed by atoms with E-state index >= 15 is 0 Å². The first-order valence-corrected chi connectivity index (χ1v) is 5.10. The molecule has 0 aliphatic carbocycles. The summed E-state index contributed by atoms with van der Waals surface area (Å²) in [4.78, 5) is 4.55. The standard InChI is InChI=1S/C9H17N5/c1-3-10-9-8-5-13(4-2)7-14(8)6-11-12-9/h6,10,12H,3-5,7H2,1-2H3. The van der Waals surface area contributed by atoms with Crippen molar-refractivity contribution in [3.05, 3.63) is 11.5 Å². The third kappa shape index (κ3) is 1.55. The molecule has 2 aliphatic heterocycles. The van der Waals surface area contributed by atoms with Crippen LogP contribution in [-0.4, -0.2) is 42.4 Å². The summed E-state index contributed by atoms with van der Waals surface area (Å²) in [6.07, 6.45) is 1.85. The summed E-state index contributed by atoms with van der Waals surface area (Å²) in [5.74, 6) is 1.05. The monoisotopic (exact) mass is 195 g/mol. The maximum absolute atomic E-state index is 4.09. The molecule has 2 rings (SSSR count). The van der Waals surface area contributed by atoms with Crippen LogP contribution in [0.5, 0.6) is 0 Å². The molecular formula is C9H17N5. The molecule has 2 heterocycles. The van der Waals surface area contributed by atoms with Gasteiger partial charge in [-0.3, -0.25) is 10.3 Å². The predicted molar refractivity (Wildman–Crippen MR) is 56.3 cm³/mol. The highest BCUT2D eigenvalue weighted by Crippen LogP contribution is 2.18. The Balaban J connectivity index is 2.14. The van der Waals surface area contributed by atoms with E-state index in [1.165, 1.54) is 5.70 Å². The van der Waals surface area contributed by atoms with Crippen LogP contribution in [-0.2, 0) is 0 Å². The van der Waals surface area contributed by atoms with E-state index in [1.807, 2.05) is 6.34 Å². The van der Waals surface area contributed by atoms with Crippen LogP contribution in [0.15, 0.2) is 16.6 Å². The van der Waals surface area contributed by atoms with Gasteiger partial charge in [-0.2, -0.15) is 5.10 Å². The molecule has 1 fully saturated rings. The quantitative estimate of drug-likeness (QED) is 0.660. The van der Waals surface area contributed by atoms with Crippen LogP contribution in [0.2, 0.25) is 0 Å². The summed E-state index contributed by atoms with van der Waals surface area (Å²) in [6, 6.07) is 0. The third-order valence-corrected chi connectivity index (χ3v) is 2.54. The molecule has 0 radical (unpaired) electrons. The van der Waals surface area contributed by atoms with Crippen molar-refractivity contribution in [2.45, 2.75) is 13.8 Å². The second kappa shape index (κ2) is 3.88. The minimum Gasteiger partial charge on any atom is -0.369 e. The van der Waals surface area contributed by atoms with E-state index in [0.29, 0.717) is 0 Å². The Morgan fingerprint density at radius 3 is 3.14 bits per heavy atom. The Kier molecular flexibility index (Phi) is 2.58. The van der Waals surface area contributed by atoms with E-state index in [0.717, 1.165) is 32.1 Å². The third-order valence-electron chi connectivity index (χ3n) is 2.54. The van der Waals surface area contributed by atoms with Crippen molar-refractivity contribution in [3.8, 4) is 0 Å². The van der Waals surface area contributed by atoms with E-state index in [9.17, 15) is 0 Å². The number of nitrogens with zero attached hydrogens (tertiary/aromatic N) is 3. The minimum atomic E-state index is 0.918. The first kappa shape index (κ1) is 9.33. The predicted octanol–water partition coefficient (Wildman–Crippen LogP) is -0.0935. The zero-order chi connectivity index (χ0) is 9.97. The van der Waals surface area contributed by atoms with Crippen molar-refractivity contribution in [3.63, 3.8) is 0 Å². The molecule has 5 heteroatoms. The van der Waals surface area contributed by atoms with Crippen LogP contribution in [0.3, 0.4) is 0 Å². The van der Waals surface area contributed by atoms with Gasteiger partial charge in [-0.1, -0.05) is 6.92 Å². The fourth-order valence-corrected chi connectivity index (χ4v) is 1.74. The van der Waals surface area contributed by atoms with E-state index in [-0.39, 0.29) is 0 Å². The van der Waals surface area contributed by atoms with Gasteiger partial charge in [0.1, 0.15) is 12.2 Å². The van der Waals surface area contributed by atoms with Crippen LogP contribution in [0, 0.1) is 0 Å². The molecule has 0 aromatic carbocycles. The molecule has 78 valence electrons. The van der Waals surface area contributed by atoms with Crippen molar-refractivity contribution >= 4 is 6.34 Å². The average Bonchev–Trinajstić information content (AvgIpc) is 2.62. The van der Waals surface area contributed by atoms with Crippen LogP contribution >= 0.6 is 0 Å². The average molecular weight is 195 g/mol. The Morgan fingerprint density at radius 2 is 2.43 bits per heavy atom. The van der Waals surface area contributed by atoms with Crippen molar-refractivity contribution in [1.29, 1.82) is 0 Å². The van der Waals surface area contributed by atoms with E-state index in [2.05, 4.69) is 39.5 Å². The number of hydrogen-bond donors (Lipinski definition) is 2. The summed E-state index contributed by atoms with van der Waals surface area (Å²) in [6.45, 7) is 8.21. The minimum absolute atomic E-state index is 0.918. The Bertz CT molecular complexity index is 270. The topological polar surface area (TPSA) is 42.9 Å². The molecule has 0 aromatic rings. The number of rotatable bonds is 3. The van der Waals surface area contributed by atoms with Gasteiger partial charge in [0.2, 0.25) is 0 Å². The SMILES string of the molecule is CCNC1=C2CN(CC)CN2C=NN1. The van der Waals surface area contributed by atoms with Gasteiger partial charge in [0.25, 0.3) is 0 Å². The lowest BCUT2D eigenvalue weighted by atomic mass is 10.4. The van der Waals surface area contributed by atoms with Crippen molar-refractivity contribution in [1.82, 2.24) is 20.5 Å². The highest BCUT2D eigenvalue weighted by molar-refractivity contribution is 5.60. The summed E-state index contributed by atoms with van der Waals surface area (Å²) >= 11 is 0. The molecule has 1 saturated heterocycles. The van der Waals surface area contributed by atoms with Gasteiger partial charge in [0, 0.05) is 13.1 Å². The van der Waals surface area contributed by atoms with Gasteiger partial charge in [0.15, 0.2) is 0 Å². The van der Waals surface area contributed by atoms with Crippen molar-refractivity contribution < 1.29 is 0 Å². The summed E-state index contributed by atoms with van der Waals surface area (Å²) in [5, 5.41) is 7.38. The zero-order valence-corrected chi connectivity index (χ0v) is 8.75. The lowest BCUT2D eigenvalue weighted by molar-refractivity contribution is 0.318. The summed E-state index contributed by atoms with van der Waals surface area (Å²) < 4.78 is 0. The number of nitrogens with one attached hydrogen (secondary N) is 2. The lowest BCUT2D eigenvalue weighted by Gasteiger charge is -2.22. The maximum atomic E-state index is 4.09. The van der Waals surface area contributed by atoms with Gasteiger partial charge in [-0.05, 0) is 13.5 Å². The van der Waals surface area contributed by atoms with E-state index in [4.69, 9.17) is 0 Å². The Labute approximate surface area is 84.4 Å². The molecule has 0 spiro atoms. The molecule has 5 nitrogen and oxygen atoms in total. The molecule has 0 unspecified atom stereocenters. The second-order valence-electron chi connectivity index (χ2n) is 3.46. The van der Waals surface area contributed by atoms with Crippen LogP contribution in [0.25, 0.3) is 0 Å². The molecule has 0 aromatic heterocycles. The smallest absolute Gasteiger partial charge is 0.141 e. The van der Waals surface area contributed by atoms with Gasteiger partial charge >= 0.3 is 0 Å². The van der Waals surface area contributed by atoms with Gasteiger partial charge in [-0.25, -0.2) is 0 Å². The van der Waals surface area contributed by atoms with Gasteiger partial charge in [0.05, 0.1) is 12.4 Å². The van der Waals surface area contributed by atoms with Crippen LogP contribution < -0.4 is 10.7 Å². The molecule has 0 saturated carbocycles. The van der Waals surface area contributed by atoms with Crippen molar-refractivity contribution in [2.24, 2.45) is 5.10 Å². The molecular weight excluding hydrogens is 178 g/mol. The maximum Gasteiger partial charge on any atom is 0.141 e. The summed E-state index contributed by atoms with van der Waals surface area (Å²) in [7, 11) is 0. The second-order valence-corrected chi connectivity index (χ2v) is 3.46. The van der Waals surface area contributed by atoms with Crippen LogP contribution in [0.1, 0.15) is 13.8 Å². The van der Waals surface area contributed by atoms with Gasteiger partial charge in [-0.15, -0.1) is 0 Å². The molecule has 0 atom stereocenters. The van der Waals surface area contributed by atoms with Crippen molar-refractivity contribution in [2.75, 3.05) is 26.3 Å². The summed E-state index contributed by atoms with van der Waals surface area (Å²) in [5.41, 5.74) is 4.30. The van der Waals surface area contributed by atoms with Gasteiger partial charge < -0.3 is 10.2 Å². The van der Waals surface area contributed by atoms with E-state index in [1.54, 1.807) is 0 Å². The molecule has 0 bridgehead atoms. The molecule has 2 N–H and O–H groups in total. The molecule has 2 aliphatic rings. The first-order chi connectivity index (χ1) is 6.85. The molecule has 14 heavy (non-hydrogen) atoms. The lowest BCUT2D eigenvalue weighted by Crippen LogP contribution is -2.34. The highest BCUT2D eigenvalue weighted by atomic mass is 15.5. The number of likely N-dealkylation sites (N-methyl/N-ethyl adjacent to an activating group) is 1. The number of hydrogen-bond acceptors (Lipinski definition) is 5. The number of fused-ring (bicyclic) bond motifs is 1. The molecule has 0 amide bonds. The number of hydrazone groups is 1.